The number of aryl methyl sites for hydroxylation is 1. The highest BCUT2D eigenvalue weighted by Crippen LogP contribution is 2.36. The van der Waals surface area contributed by atoms with Crippen LogP contribution >= 0.6 is 34.9 Å². The van der Waals surface area contributed by atoms with Crippen molar-refractivity contribution in [3.63, 3.8) is 0 Å². The van der Waals surface area contributed by atoms with Gasteiger partial charge in [-0.2, -0.15) is 0 Å². The molecule has 0 radical (unpaired) electrons. The Hall–Kier alpha value is -2.57. The van der Waals surface area contributed by atoms with Crippen molar-refractivity contribution >= 4 is 58.0 Å². The molecule has 0 aliphatic carbocycles. The number of ether oxygens (including phenoxy) is 2. The number of benzene rings is 1. The minimum atomic E-state index is -0.379. The smallest absolute Gasteiger partial charge is 0.293 e. The summed E-state index contributed by atoms with van der Waals surface area (Å²) in [5, 5.41) is 11.0. The van der Waals surface area contributed by atoms with Crippen LogP contribution in [0.4, 0.5) is 4.79 Å². The Bertz CT molecular complexity index is 1040. The first-order valence-electron chi connectivity index (χ1n) is 8.84. The average molecular weight is 465 g/mol. The first-order valence-corrected chi connectivity index (χ1v) is 11.5. The monoisotopic (exact) mass is 464 g/mol. The van der Waals surface area contributed by atoms with Crippen LogP contribution in [0.5, 0.6) is 11.5 Å². The molecule has 0 spiro atoms. The van der Waals surface area contributed by atoms with Gasteiger partial charge in [0.05, 0.1) is 10.7 Å². The van der Waals surface area contributed by atoms with Gasteiger partial charge in [-0.15, -0.1) is 10.2 Å². The molecule has 2 aromatic rings. The quantitative estimate of drug-likeness (QED) is 0.488. The molecule has 1 fully saturated rings. The van der Waals surface area contributed by atoms with Crippen LogP contribution < -0.4 is 14.8 Å². The lowest BCUT2D eigenvalue weighted by Gasteiger charge is -2.12. The molecule has 0 unspecified atom stereocenters. The van der Waals surface area contributed by atoms with E-state index in [4.69, 9.17) is 9.47 Å². The summed E-state index contributed by atoms with van der Waals surface area (Å²) < 4.78 is 11.3. The number of hydrogen-bond donors (Lipinski definition) is 1. The summed E-state index contributed by atoms with van der Waals surface area (Å²) in [4.78, 5) is 38.2. The predicted octanol–water partition coefficient (Wildman–Crippen LogP) is 2.52. The second kappa shape index (κ2) is 9.06. The van der Waals surface area contributed by atoms with Crippen molar-refractivity contribution in [2.75, 3.05) is 25.6 Å². The van der Waals surface area contributed by atoms with Crippen LogP contribution in [0.25, 0.3) is 6.08 Å². The molecule has 9 nitrogen and oxygen atoms in total. The molecule has 1 aromatic carbocycles. The highest BCUT2D eigenvalue weighted by Gasteiger charge is 2.34. The SMILES string of the molecule is Cc1nnc(SCC(=O)NCCN2C(=O)S/C(=C\c3ccc4c(c3)OCO4)C2=O)s1. The molecular weight excluding hydrogens is 448 g/mol. The summed E-state index contributed by atoms with van der Waals surface area (Å²) >= 11 is 3.59. The zero-order chi connectivity index (χ0) is 21.1. The number of fused-ring (bicyclic) bond motifs is 1. The number of nitrogens with one attached hydrogen (secondary N) is 1. The number of aromatic nitrogens is 2. The zero-order valence-corrected chi connectivity index (χ0v) is 18.2. The van der Waals surface area contributed by atoms with E-state index in [0.717, 1.165) is 31.6 Å². The van der Waals surface area contributed by atoms with E-state index in [0.29, 0.717) is 16.4 Å². The van der Waals surface area contributed by atoms with Crippen LogP contribution in [0.15, 0.2) is 27.4 Å². The molecule has 30 heavy (non-hydrogen) atoms. The standard InChI is InChI=1S/C18H16N4O5S3/c1-10-20-21-17(29-10)28-8-15(23)19-4-5-22-16(24)14(30-18(22)25)7-11-2-3-12-13(6-11)27-9-26-12/h2-3,6-7H,4-5,8-9H2,1H3,(H,19,23)/b14-7-. The maximum absolute atomic E-state index is 12.6. The van der Waals surface area contributed by atoms with Crippen LogP contribution in [-0.2, 0) is 9.59 Å². The number of thioether (sulfide) groups is 2. The molecule has 156 valence electrons. The number of imide groups is 1. The normalized spacial score (nSPS) is 16.6. The maximum atomic E-state index is 12.6. The topological polar surface area (TPSA) is 111 Å². The Labute approximate surface area is 184 Å². The molecule has 1 aromatic heterocycles. The summed E-state index contributed by atoms with van der Waals surface area (Å²) in [6.07, 6.45) is 1.64. The Morgan fingerprint density at radius 2 is 2.13 bits per heavy atom. The second-order valence-corrected chi connectivity index (χ2v) is 9.57. The van der Waals surface area contributed by atoms with Gasteiger partial charge in [-0.3, -0.25) is 19.3 Å². The van der Waals surface area contributed by atoms with Crippen molar-refractivity contribution in [1.82, 2.24) is 20.4 Å². The lowest BCUT2D eigenvalue weighted by Crippen LogP contribution is -2.37. The zero-order valence-electron chi connectivity index (χ0n) is 15.7. The number of hydrogen-bond acceptors (Lipinski definition) is 10. The molecule has 4 rings (SSSR count). The van der Waals surface area contributed by atoms with Crippen molar-refractivity contribution in [2.45, 2.75) is 11.3 Å². The number of carbonyl (C=O) groups is 3. The van der Waals surface area contributed by atoms with Gasteiger partial charge in [0.25, 0.3) is 11.1 Å². The van der Waals surface area contributed by atoms with Crippen molar-refractivity contribution in [3.05, 3.63) is 33.7 Å². The molecule has 12 heteroatoms. The largest absolute Gasteiger partial charge is 0.454 e. The highest BCUT2D eigenvalue weighted by atomic mass is 32.2. The van der Waals surface area contributed by atoms with Gasteiger partial charge in [0, 0.05) is 13.1 Å². The van der Waals surface area contributed by atoms with Crippen molar-refractivity contribution in [1.29, 1.82) is 0 Å². The highest BCUT2D eigenvalue weighted by molar-refractivity contribution is 8.18. The number of amides is 3. The third-order valence-electron chi connectivity index (χ3n) is 4.06. The Morgan fingerprint density at radius 3 is 2.93 bits per heavy atom. The summed E-state index contributed by atoms with van der Waals surface area (Å²) in [5.41, 5.74) is 0.738. The van der Waals surface area contributed by atoms with Gasteiger partial charge in [-0.25, -0.2) is 0 Å². The van der Waals surface area contributed by atoms with E-state index in [-0.39, 0.29) is 42.7 Å². The summed E-state index contributed by atoms with van der Waals surface area (Å²) in [6.45, 7) is 2.31. The average Bonchev–Trinajstić information content (AvgIpc) is 3.42. The Balaban J connectivity index is 1.28. The molecule has 1 saturated heterocycles. The van der Waals surface area contributed by atoms with Gasteiger partial charge in [0.15, 0.2) is 15.8 Å². The van der Waals surface area contributed by atoms with Crippen LogP contribution in [-0.4, -0.2) is 57.8 Å². The fourth-order valence-electron chi connectivity index (χ4n) is 2.67. The number of nitrogens with zero attached hydrogens (tertiary/aromatic N) is 3. The van der Waals surface area contributed by atoms with E-state index in [2.05, 4.69) is 15.5 Å². The second-order valence-electron chi connectivity index (χ2n) is 6.17. The van der Waals surface area contributed by atoms with Gasteiger partial charge in [-0.1, -0.05) is 29.2 Å². The lowest BCUT2D eigenvalue weighted by molar-refractivity contribution is -0.123. The summed E-state index contributed by atoms with van der Waals surface area (Å²) in [7, 11) is 0. The van der Waals surface area contributed by atoms with Gasteiger partial charge in [-0.05, 0) is 42.5 Å². The first-order chi connectivity index (χ1) is 14.5. The molecule has 3 heterocycles. The summed E-state index contributed by atoms with van der Waals surface area (Å²) in [6, 6.07) is 5.31. The van der Waals surface area contributed by atoms with E-state index < -0.39 is 0 Å². The van der Waals surface area contributed by atoms with E-state index >= 15 is 0 Å². The van der Waals surface area contributed by atoms with E-state index in [1.165, 1.54) is 23.1 Å². The van der Waals surface area contributed by atoms with Crippen LogP contribution in [0.2, 0.25) is 0 Å². The van der Waals surface area contributed by atoms with Gasteiger partial charge in [0.1, 0.15) is 5.01 Å². The molecule has 2 aliphatic heterocycles. The molecule has 2 aliphatic rings. The first kappa shape index (κ1) is 20.7. The molecule has 0 saturated carbocycles. The Morgan fingerprint density at radius 1 is 1.30 bits per heavy atom. The Kier molecular flexibility index (Phi) is 6.25. The van der Waals surface area contributed by atoms with Crippen molar-refractivity contribution in [3.8, 4) is 11.5 Å². The fourth-order valence-corrected chi connectivity index (χ4v) is 5.18. The maximum Gasteiger partial charge on any atom is 0.293 e. The number of carbonyl (C=O) groups excluding carboxylic acids is 3. The third-order valence-corrected chi connectivity index (χ3v) is 6.94. The summed E-state index contributed by atoms with van der Waals surface area (Å²) in [5.74, 6) is 0.870. The number of rotatable bonds is 7. The van der Waals surface area contributed by atoms with Gasteiger partial charge in [0.2, 0.25) is 12.7 Å². The van der Waals surface area contributed by atoms with E-state index in [1.807, 2.05) is 6.92 Å². The molecule has 0 atom stereocenters. The minimum Gasteiger partial charge on any atom is -0.454 e. The fraction of sp³-hybridized carbons (Fsp3) is 0.278. The van der Waals surface area contributed by atoms with E-state index in [1.54, 1.807) is 24.3 Å². The van der Waals surface area contributed by atoms with Crippen molar-refractivity contribution in [2.24, 2.45) is 0 Å². The lowest BCUT2D eigenvalue weighted by atomic mass is 10.2. The minimum absolute atomic E-state index is 0.109. The van der Waals surface area contributed by atoms with Gasteiger partial charge < -0.3 is 14.8 Å². The molecule has 3 amide bonds. The molecule has 0 bridgehead atoms. The predicted molar refractivity (Wildman–Crippen MR) is 114 cm³/mol. The van der Waals surface area contributed by atoms with Crippen LogP contribution in [0.1, 0.15) is 10.6 Å². The van der Waals surface area contributed by atoms with E-state index in [9.17, 15) is 14.4 Å². The third kappa shape index (κ3) is 4.77. The molecule has 1 N–H and O–H groups in total. The molecular formula is C18H16N4O5S3. The van der Waals surface area contributed by atoms with Crippen LogP contribution in [0, 0.1) is 6.92 Å². The van der Waals surface area contributed by atoms with Gasteiger partial charge >= 0.3 is 0 Å². The van der Waals surface area contributed by atoms with Crippen LogP contribution in [0.3, 0.4) is 0 Å². The van der Waals surface area contributed by atoms with Crippen molar-refractivity contribution < 1.29 is 23.9 Å².